The van der Waals surface area contributed by atoms with Gasteiger partial charge < -0.3 is 15.0 Å². The zero-order valence-electron chi connectivity index (χ0n) is 16.7. The van der Waals surface area contributed by atoms with E-state index in [4.69, 9.17) is 0 Å². The normalized spacial score (nSPS) is 16.8. The van der Waals surface area contributed by atoms with Gasteiger partial charge in [0.2, 0.25) is 11.8 Å². The number of amides is 2. The average molecular weight is 420 g/mol. The topological polar surface area (TPSA) is 58.6 Å². The highest BCUT2D eigenvalue weighted by atomic mass is 19.4. The quantitative estimate of drug-likeness (QED) is 0.737. The summed E-state index contributed by atoms with van der Waals surface area (Å²) in [5.41, 5.74) is 2.50. The first kappa shape index (κ1) is 21.7. The van der Waals surface area contributed by atoms with Crippen molar-refractivity contribution in [2.24, 2.45) is 5.92 Å². The molecule has 1 fully saturated rings. The fourth-order valence-electron chi connectivity index (χ4n) is 3.31. The standard InChI is InChI=1S/C22H23F3N2O3/c1-14(2)16-5-7-18(8-6-16)26-21(29)17-11-20(28)27(13-17)12-15-3-9-19(10-4-15)30-22(23,24)25/h3-10,14,17H,11-13H2,1-2H3,(H,26,29)/t17-/m1/s1. The first-order chi connectivity index (χ1) is 14.1. The number of carbonyl (C=O) groups is 2. The molecule has 30 heavy (non-hydrogen) atoms. The van der Waals surface area contributed by atoms with E-state index in [0.29, 0.717) is 17.2 Å². The summed E-state index contributed by atoms with van der Waals surface area (Å²) in [5, 5.41) is 2.84. The number of hydrogen-bond donors (Lipinski definition) is 1. The molecule has 0 saturated carbocycles. The molecule has 160 valence electrons. The number of likely N-dealkylation sites (tertiary alicyclic amines) is 1. The van der Waals surface area contributed by atoms with Crippen molar-refractivity contribution in [2.75, 3.05) is 11.9 Å². The van der Waals surface area contributed by atoms with Crippen molar-refractivity contribution >= 4 is 17.5 Å². The molecule has 8 heteroatoms. The van der Waals surface area contributed by atoms with Gasteiger partial charge in [0.15, 0.2) is 0 Å². The van der Waals surface area contributed by atoms with E-state index in [1.54, 1.807) is 0 Å². The predicted molar refractivity (Wildman–Crippen MR) is 106 cm³/mol. The molecule has 0 spiro atoms. The first-order valence-corrected chi connectivity index (χ1v) is 9.64. The van der Waals surface area contributed by atoms with Gasteiger partial charge in [0.25, 0.3) is 0 Å². The van der Waals surface area contributed by atoms with Crippen LogP contribution in [0.25, 0.3) is 0 Å². The van der Waals surface area contributed by atoms with Gasteiger partial charge in [-0.15, -0.1) is 13.2 Å². The Bertz CT molecular complexity index is 893. The monoisotopic (exact) mass is 420 g/mol. The van der Waals surface area contributed by atoms with E-state index in [2.05, 4.69) is 23.9 Å². The summed E-state index contributed by atoms with van der Waals surface area (Å²) in [4.78, 5) is 26.4. The minimum absolute atomic E-state index is 0.102. The highest BCUT2D eigenvalue weighted by Gasteiger charge is 2.34. The number of nitrogens with one attached hydrogen (secondary N) is 1. The van der Waals surface area contributed by atoms with Crippen molar-refractivity contribution < 1.29 is 27.5 Å². The van der Waals surface area contributed by atoms with Crippen LogP contribution in [0.4, 0.5) is 18.9 Å². The van der Waals surface area contributed by atoms with Crippen molar-refractivity contribution in [1.29, 1.82) is 0 Å². The second-order valence-electron chi connectivity index (χ2n) is 7.63. The summed E-state index contributed by atoms with van der Waals surface area (Å²) in [7, 11) is 0. The number of hydrogen-bond acceptors (Lipinski definition) is 3. The van der Waals surface area contributed by atoms with E-state index in [1.807, 2.05) is 24.3 Å². The highest BCUT2D eigenvalue weighted by molar-refractivity contribution is 5.97. The van der Waals surface area contributed by atoms with Gasteiger partial charge in [-0.3, -0.25) is 9.59 Å². The van der Waals surface area contributed by atoms with Crippen molar-refractivity contribution in [3.8, 4) is 5.75 Å². The predicted octanol–water partition coefficient (Wildman–Crippen LogP) is 4.70. The SMILES string of the molecule is CC(C)c1ccc(NC(=O)[C@@H]2CC(=O)N(Cc3ccc(OC(F)(F)F)cc3)C2)cc1. The number of ether oxygens (including phenoxy) is 1. The molecule has 2 aromatic carbocycles. The Balaban J connectivity index is 1.56. The van der Waals surface area contributed by atoms with Gasteiger partial charge in [-0.25, -0.2) is 0 Å². The Kier molecular flexibility index (Phi) is 6.34. The Hall–Kier alpha value is -3.03. The molecule has 0 aromatic heterocycles. The summed E-state index contributed by atoms with van der Waals surface area (Å²) < 4.78 is 40.6. The number of nitrogens with zero attached hydrogens (tertiary/aromatic N) is 1. The largest absolute Gasteiger partial charge is 0.573 e. The highest BCUT2D eigenvalue weighted by Crippen LogP contribution is 2.25. The van der Waals surface area contributed by atoms with Crippen LogP contribution >= 0.6 is 0 Å². The van der Waals surface area contributed by atoms with Gasteiger partial charge >= 0.3 is 6.36 Å². The van der Waals surface area contributed by atoms with E-state index in [9.17, 15) is 22.8 Å². The average Bonchev–Trinajstić information content (AvgIpc) is 3.03. The Morgan fingerprint density at radius 1 is 1.13 bits per heavy atom. The molecule has 1 atom stereocenters. The fraction of sp³-hybridized carbons (Fsp3) is 0.364. The van der Waals surface area contributed by atoms with E-state index >= 15 is 0 Å². The summed E-state index contributed by atoms with van der Waals surface area (Å²) in [6.45, 7) is 4.65. The molecule has 5 nitrogen and oxygen atoms in total. The van der Waals surface area contributed by atoms with Crippen molar-refractivity contribution in [2.45, 2.75) is 39.1 Å². The lowest BCUT2D eigenvalue weighted by molar-refractivity contribution is -0.274. The van der Waals surface area contributed by atoms with Gasteiger partial charge in [0.05, 0.1) is 5.92 Å². The lowest BCUT2D eigenvalue weighted by Gasteiger charge is -2.17. The van der Waals surface area contributed by atoms with Crippen LogP contribution in [0.2, 0.25) is 0 Å². The van der Waals surface area contributed by atoms with Crippen LogP contribution in [-0.2, 0) is 16.1 Å². The van der Waals surface area contributed by atoms with Crippen LogP contribution in [0.15, 0.2) is 48.5 Å². The van der Waals surface area contributed by atoms with Crippen LogP contribution in [-0.4, -0.2) is 29.6 Å². The zero-order valence-corrected chi connectivity index (χ0v) is 16.7. The third-order valence-corrected chi connectivity index (χ3v) is 4.96. The molecule has 1 N–H and O–H groups in total. The number of halogens is 3. The lowest BCUT2D eigenvalue weighted by Crippen LogP contribution is -2.28. The van der Waals surface area contributed by atoms with Gasteiger partial charge in [0.1, 0.15) is 5.75 Å². The smallest absolute Gasteiger partial charge is 0.406 e. The minimum Gasteiger partial charge on any atom is -0.406 e. The zero-order chi connectivity index (χ0) is 21.9. The first-order valence-electron chi connectivity index (χ1n) is 9.64. The van der Waals surface area contributed by atoms with E-state index in [-0.39, 0.29) is 37.1 Å². The van der Waals surface area contributed by atoms with E-state index < -0.39 is 12.3 Å². The van der Waals surface area contributed by atoms with E-state index in [0.717, 1.165) is 0 Å². The van der Waals surface area contributed by atoms with Crippen LogP contribution in [0.5, 0.6) is 5.75 Å². The van der Waals surface area contributed by atoms with Gasteiger partial charge in [-0.05, 0) is 41.3 Å². The summed E-state index contributed by atoms with van der Waals surface area (Å²) in [5.74, 6) is -0.794. The molecule has 0 radical (unpaired) electrons. The number of benzene rings is 2. The second-order valence-corrected chi connectivity index (χ2v) is 7.63. The molecule has 1 heterocycles. The summed E-state index contributed by atoms with van der Waals surface area (Å²) in [6.07, 6.45) is -4.65. The fourth-order valence-corrected chi connectivity index (χ4v) is 3.31. The van der Waals surface area contributed by atoms with Gasteiger partial charge in [-0.1, -0.05) is 38.1 Å². The van der Waals surface area contributed by atoms with Crippen molar-refractivity contribution in [1.82, 2.24) is 4.90 Å². The lowest BCUT2D eigenvalue weighted by atomic mass is 10.0. The maximum atomic E-state index is 12.5. The van der Waals surface area contributed by atoms with Crippen molar-refractivity contribution in [3.05, 3.63) is 59.7 Å². The molecular weight excluding hydrogens is 397 g/mol. The number of carbonyl (C=O) groups excluding carboxylic acids is 2. The van der Waals surface area contributed by atoms with E-state index in [1.165, 1.54) is 34.7 Å². The molecule has 3 rings (SSSR count). The maximum absolute atomic E-state index is 12.5. The molecule has 1 aliphatic rings. The third kappa shape index (κ3) is 5.75. The number of alkyl halides is 3. The van der Waals surface area contributed by atoms with Gasteiger partial charge in [0, 0.05) is 25.2 Å². The Morgan fingerprint density at radius 3 is 2.33 bits per heavy atom. The molecule has 2 amide bonds. The molecule has 0 aliphatic carbocycles. The summed E-state index contributed by atoms with van der Waals surface area (Å²) >= 11 is 0. The minimum atomic E-state index is -4.75. The van der Waals surface area contributed by atoms with Crippen LogP contribution in [0, 0.1) is 5.92 Å². The van der Waals surface area contributed by atoms with Crippen LogP contribution < -0.4 is 10.1 Å². The molecule has 2 aromatic rings. The maximum Gasteiger partial charge on any atom is 0.573 e. The molecule has 0 unspecified atom stereocenters. The molecule has 0 bridgehead atoms. The Morgan fingerprint density at radius 2 is 1.77 bits per heavy atom. The van der Waals surface area contributed by atoms with Crippen LogP contribution in [0.3, 0.4) is 0 Å². The number of rotatable bonds is 6. The molecular formula is C22H23F3N2O3. The third-order valence-electron chi connectivity index (χ3n) is 4.96. The summed E-state index contributed by atoms with van der Waals surface area (Å²) in [6, 6.07) is 12.9. The second kappa shape index (κ2) is 8.77. The van der Waals surface area contributed by atoms with Gasteiger partial charge in [-0.2, -0.15) is 0 Å². The Labute approximate surface area is 172 Å². The van der Waals surface area contributed by atoms with Crippen LogP contribution in [0.1, 0.15) is 37.3 Å². The molecule has 1 aliphatic heterocycles. The number of anilines is 1. The van der Waals surface area contributed by atoms with Crippen molar-refractivity contribution in [3.63, 3.8) is 0 Å². The molecule has 1 saturated heterocycles.